The summed E-state index contributed by atoms with van der Waals surface area (Å²) in [6, 6.07) is 16.8. The lowest BCUT2D eigenvalue weighted by Gasteiger charge is -2.21. The van der Waals surface area contributed by atoms with Gasteiger partial charge in [-0.15, -0.1) is 0 Å². The van der Waals surface area contributed by atoms with Gasteiger partial charge in [0.2, 0.25) is 5.95 Å². The van der Waals surface area contributed by atoms with Gasteiger partial charge in [-0.2, -0.15) is 0 Å². The van der Waals surface area contributed by atoms with Gasteiger partial charge in [0.1, 0.15) is 11.4 Å². The van der Waals surface area contributed by atoms with Crippen molar-refractivity contribution in [3.05, 3.63) is 66.5 Å². The lowest BCUT2D eigenvalue weighted by Crippen LogP contribution is -2.21. The Kier molecular flexibility index (Phi) is 6.63. The largest absolute Gasteiger partial charge is 0.497 e. The SMILES string of the molecule is CCN(CC)c1ccc(NC(=O)c2ccnc(Nc3cccc(OC)c3)n2)cc1. The van der Waals surface area contributed by atoms with Crippen molar-refractivity contribution < 1.29 is 9.53 Å². The van der Waals surface area contributed by atoms with Gasteiger partial charge in [0, 0.05) is 42.4 Å². The summed E-state index contributed by atoms with van der Waals surface area (Å²) in [6.07, 6.45) is 1.55. The Morgan fingerprint density at radius 1 is 1.03 bits per heavy atom. The molecule has 0 unspecified atom stereocenters. The summed E-state index contributed by atoms with van der Waals surface area (Å²) in [5, 5.41) is 5.96. The Hall–Kier alpha value is -3.61. The Labute approximate surface area is 170 Å². The fraction of sp³-hybridized carbons (Fsp3) is 0.227. The van der Waals surface area contributed by atoms with Gasteiger partial charge in [0.05, 0.1) is 7.11 Å². The fourth-order valence-corrected chi connectivity index (χ4v) is 2.91. The van der Waals surface area contributed by atoms with Crippen LogP contribution in [0, 0.1) is 0 Å². The third kappa shape index (κ3) is 5.22. The first-order valence-electron chi connectivity index (χ1n) is 9.53. The molecular weight excluding hydrogens is 366 g/mol. The molecule has 0 aliphatic carbocycles. The fourth-order valence-electron chi connectivity index (χ4n) is 2.91. The number of hydrogen-bond acceptors (Lipinski definition) is 6. The van der Waals surface area contributed by atoms with Crippen molar-refractivity contribution in [1.82, 2.24) is 9.97 Å². The van der Waals surface area contributed by atoms with E-state index in [2.05, 4.69) is 39.3 Å². The van der Waals surface area contributed by atoms with Gasteiger partial charge in [0.25, 0.3) is 5.91 Å². The first-order valence-corrected chi connectivity index (χ1v) is 9.53. The number of benzene rings is 2. The maximum atomic E-state index is 12.6. The lowest BCUT2D eigenvalue weighted by atomic mass is 10.2. The first kappa shape index (κ1) is 20.1. The van der Waals surface area contributed by atoms with Crippen LogP contribution in [0.2, 0.25) is 0 Å². The molecule has 1 amide bonds. The molecule has 0 fully saturated rings. The second kappa shape index (κ2) is 9.54. The number of anilines is 4. The van der Waals surface area contributed by atoms with E-state index >= 15 is 0 Å². The molecule has 0 bridgehead atoms. The molecule has 0 saturated heterocycles. The van der Waals surface area contributed by atoms with Gasteiger partial charge in [0.15, 0.2) is 0 Å². The van der Waals surface area contributed by atoms with Crippen LogP contribution < -0.4 is 20.3 Å². The van der Waals surface area contributed by atoms with E-state index in [0.29, 0.717) is 11.6 Å². The molecule has 2 aromatic carbocycles. The standard InChI is InChI=1S/C22H25N5O2/c1-4-27(5-2)18-11-9-16(10-12-18)24-21(28)20-13-14-23-22(26-20)25-17-7-6-8-19(15-17)29-3/h6-15H,4-5H2,1-3H3,(H,24,28)(H,23,25,26). The molecule has 2 N–H and O–H groups in total. The zero-order valence-electron chi connectivity index (χ0n) is 16.8. The summed E-state index contributed by atoms with van der Waals surface area (Å²) in [5.41, 5.74) is 2.89. The molecule has 29 heavy (non-hydrogen) atoms. The highest BCUT2D eigenvalue weighted by molar-refractivity contribution is 6.03. The van der Waals surface area contributed by atoms with Gasteiger partial charge in [-0.05, 0) is 56.3 Å². The van der Waals surface area contributed by atoms with E-state index < -0.39 is 0 Å². The number of nitrogens with one attached hydrogen (secondary N) is 2. The van der Waals surface area contributed by atoms with Crippen LogP contribution in [0.1, 0.15) is 24.3 Å². The zero-order valence-corrected chi connectivity index (χ0v) is 16.8. The van der Waals surface area contributed by atoms with E-state index in [1.165, 1.54) is 0 Å². The van der Waals surface area contributed by atoms with Crippen molar-refractivity contribution in [3.63, 3.8) is 0 Å². The number of carbonyl (C=O) groups excluding carboxylic acids is 1. The highest BCUT2D eigenvalue weighted by Crippen LogP contribution is 2.20. The number of methoxy groups -OCH3 is 1. The van der Waals surface area contributed by atoms with Crippen LogP contribution in [-0.2, 0) is 0 Å². The molecule has 1 aromatic heterocycles. The van der Waals surface area contributed by atoms with Crippen molar-refractivity contribution in [1.29, 1.82) is 0 Å². The Morgan fingerprint density at radius 3 is 2.48 bits per heavy atom. The molecule has 0 saturated carbocycles. The highest BCUT2D eigenvalue weighted by Gasteiger charge is 2.10. The van der Waals surface area contributed by atoms with E-state index in [1.54, 1.807) is 19.4 Å². The molecule has 3 aromatic rings. The maximum Gasteiger partial charge on any atom is 0.274 e. The minimum absolute atomic E-state index is 0.276. The maximum absolute atomic E-state index is 12.6. The second-order valence-corrected chi connectivity index (χ2v) is 6.30. The normalized spacial score (nSPS) is 10.3. The van der Waals surface area contributed by atoms with Crippen LogP contribution in [-0.4, -0.2) is 36.1 Å². The van der Waals surface area contributed by atoms with Gasteiger partial charge < -0.3 is 20.3 Å². The third-order valence-electron chi connectivity index (χ3n) is 4.47. The average Bonchev–Trinajstić information content (AvgIpc) is 2.76. The van der Waals surface area contributed by atoms with Crippen molar-refractivity contribution in [2.24, 2.45) is 0 Å². The summed E-state index contributed by atoms with van der Waals surface area (Å²) in [7, 11) is 1.61. The van der Waals surface area contributed by atoms with Crippen LogP contribution in [0.3, 0.4) is 0 Å². The molecule has 150 valence electrons. The van der Waals surface area contributed by atoms with Crippen LogP contribution in [0.25, 0.3) is 0 Å². The first-order chi connectivity index (χ1) is 14.1. The third-order valence-corrected chi connectivity index (χ3v) is 4.47. The molecule has 3 rings (SSSR count). The molecule has 1 heterocycles. The van der Waals surface area contributed by atoms with E-state index in [9.17, 15) is 4.79 Å². The van der Waals surface area contributed by atoms with Gasteiger partial charge in [-0.3, -0.25) is 4.79 Å². The summed E-state index contributed by atoms with van der Waals surface area (Å²) in [5.74, 6) is 0.761. The van der Waals surface area contributed by atoms with Crippen LogP contribution in [0.15, 0.2) is 60.8 Å². The van der Waals surface area contributed by atoms with Crippen molar-refractivity contribution in [2.75, 3.05) is 35.7 Å². The van der Waals surface area contributed by atoms with Gasteiger partial charge in [-0.25, -0.2) is 9.97 Å². The Balaban J connectivity index is 1.69. The topological polar surface area (TPSA) is 79.4 Å². The van der Waals surface area contributed by atoms with Crippen LogP contribution in [0.4, 0.5) is 23.0 Å². The van der Waals surface area contributed by atoms with Crippen LogP contribution >= 0.6 is 0 Å². The minimum Gasteiger partial charge on any atom is -0.497 e. The van der Waals surface area contributed by atoms with Crippen molar-refractivity contribution >= 4 is 28.9 Å². The summed E-state index contributed by atoms with van der Waals surface area (Å²) < 4.78 is 5.21. The molecule has 0 aliphatic heterocycles. The number of rotatable bonds is 8. The van der Waals surface area contributed by atoms with E-state index in [0.717, 1.165) is 30.2 Å². The van der Waals surface area contributed by atoms with Crippen molar-refractivity contribution in [3.8, 4) is 5.75 Å². The Bertz CT molecular complexity index is 955. The monoisotopic (exact) mass is 391 g/mol. The summed E-state index contributed by atoms with van der Waals surface area (Å²) in [4.78, 5) is 23.3. The Morgan fingerprint density at radius 2 is 1.79 bits per heavy atom. The number of carbonyl (C=O) groups is 1. The summed E-state index contributed by atoms with van der Waals surface area (Å²) >= 11 is 0. The molecule has 7 nitrogen and oxygen atoms in total. The number of hydrogen-bond donors (Lipinski definition) is 2. The van der Waals surface area contributed by atoms with E-state index in [1.807, 2.05) is 48.5 Å². The van der Waals surface area contributed by atoms with Gasteiger partial charge >= 0.3 is 0 Å². The zero-order chi connectivity index (χ0) is 20.6. The number of ether oxygens (including phenoxy) is 1. The highest BCUT2D eigenvalue weighted by atomic mass is 16.5. The lowest BCUT2D eigenvalue weighted by molar-refractivity contribution is 0.102. The van der Waals surface area contributed by atoms with E-state index in [-0.39, 0.29) is 11.6 Å². The molecule has 7 heteroatoms. The van der Waals surface area contributed by atoms with Crippen molar-refractivity contribution in [2.45, 2.75) is 13.8 Å². The molecule has 0 aliphatic rings. The quantitative estimate of drug-likeness (QED) is 0.595. The second-order valence-electron chi connectivity index (χ2n) is 6.30. The minimum atomic E-state index is -0.295. The van der Waals surface area contributed by atoms with E-state index in [4.69, 9.17) is 4.74 Å². The number of amides is 1. The van der Waals surface area contributed by atoms with Gasteiger partial charge in [-0.1, -0.05) is 6.07 Å². The molecular formula is C22H25N5O2. The number of nitrogens with zero attached hydrogens (tertiary/aromatic N) is 3. The summed E-state index contributed by atoms with van der Waals surface area (Å²) in [6.45, 7) is 6.11. The molecule has 0 atom stereocenters. The predicted octanol–water partition coefficient (Wildman–Crippen LogP) is 4.33. The predicted molar refractivity (Wildman–Crippen MR) is 116 cm³/mol. The number of aromatic nitrogens is 2. The molecule has 0 radical (unpaired) electrons. The molecule has 0 spiro atoms. The average molecular weight is 391 g/mol. The van der Waals surface area contributed by atoms with Crippen LogP contribution in [0.5, 0.6) is 5.75 Å². The smallest absolute Gasteiger partial charge is 0.274 e.